The molecule has 2 aromatic rings. The molecule has 0 fully saturated rings. The minimum absolute atomic E-state index is 0.0608. The second kappa shape index (κ2) is 8.95. The maximum Gasteiger partial charge on any atom is 0.174 e. The van der Waals surface area contributed by atoms with E-state index in [9.17, 15) is 13.5 Å². The van der Waals surface area contributed by atoms with Crippen molar-refractivity contribution in [3.63, 3.8) is 0 Å². The summed E-state index contributed by atoms with van der Waals surface area (Å²) in [5, 5.41) is 14.8. The summed E-state index contributed by atoms with van der Waals surface area (Å²) in [6, 6.07) is 16.9. The van der Waals surface area contributed by atoms with Crippen LogP contribution in [0.5, 0.6) is 0 Å². The number of halogens is 1. The van der Waals surface area contributed by atoms with Crippen LogP contribution in [-0.2, 0) is 26.0 Å². The Morgan fingerprint density at radius 3 is 2.52 bits per heavy atom. The third-order valence-electron chi connectivity index (χ3n) is 5.16. The fourth-order valence-corrected chi connectivity index (χ4v) is 4.35. The van der Waals surface area contributed by atoms with Crippen LogP contribution in [0.3, 0.4) is 0 Å². The molecule has 1 heterocycles. The number of hydrogen-bond donors (Lipinski definition) is 1. The molecule has 3 atom stereocenters. The molecule has 0 saturated heterocycles. The average molecular weight is 482 g/mol. The molecule has 1 N–H and O–H groups in total. The van der Waals surface area contributed by atoms with Crippen LogP contribution >= 0.6 is 15.9 Å². The highest BCUT2D eigenvalue weighted by molar-refractivity contribution is 9.10. The van der Waals surface area contributed by atoms with Crippen molar-refractivity contribution in [2.45, 2.75) is 43.5 Å². The molecule has 6 nitrogen and oxygen atoms in total. The molecule has 8 heteroatoms. The van der Waals surface area contributed by atoms with Crippen molar-refractivity contribution in [2.24, 2.45) is 5.16 Å². The van der Waals surface area contributed by atoms with Crippen LogP contribution in [0.25, 0.3) is 0 Å². The molecule has 3 rings (SSSR count). The van der Waals surface area contributed by atoms with Gasteiger partial charge in [0.25, 0.3) is 0 Å². The lowest BCUT2D eigenvalue weighted by molar-refractivity contribution is -0.135. The topological polar surface area (TPSA) is 85.2 Å². The second-order valence-corrected chi connectivity index (χ2v) is 10.8. The molecule has 29 heavy (non-hydrogen) atoms. The van der Waals surface area contributed by atoms with Crippen LogP contribution in [0.1, 0.15) is 30.9 Å². The minimum atomic E-state index is -3.66. The predicted molar refractivity (Wildman–Crippen MR) is 115 cm³/mol. The van der Waals surface area contributed by atoms with Crippen LogP contribution < -0.4 is 0 Å². The van der Waals surface area contributed by atoms with E-state index in [2.05, 4.69) is 21.1 Å². The molecular formula is C21H24BrNO5S. The van der Waals surface area contributed by atoms with Gasteiger partial charge < -0.3 is 14.7 Å². The number of oxime groups is 1. The fourth-order valence-electron chi connectivity index (χ4n) is 3.16. The maximum atomic E-state index is 12.5. The lowest BCUT2D eigenvalue weighted by Crippen LogP contribution is -2.49. The Balaban J connectivity index is 1.68. The van der Waals surface area contributed by atoms with Crippen molar-refractivity contribution in [2.75, 3.05) is 6.26 Å². The number of benzene rings is 2. The summed E-state index contributed by atoms with van der Waals surface area (Å²) >= 11 is 3.40. The molecular weight excluding hydrogens is 458 g/mol. The maximum absolute atomic E-state index is 12.5. The highest BCUT2D eigenvalue weighted by atomic mass is 79.9. The van der Waals surface area contributed by atoms with Gasteiger partial charge in [-0.25, -0.2) is 8.42 Å². The number of sulfone groups is 1. The van der Waals surface area contributed by atoms with Crippen LogP contribution in [0, 0.1) is 0 Å². The summed E-state index contributed by atoms with van der Waals surface area (Å²) in [6.45, 7) is 1.60. The summed E-state index contributed by atoms with van der Waals surface area (Å²) in [4.78, 5) is 5.50. The largest absolute Gasteiger partial charge is 0.392 e. The van der Waals surface area contributed by atoms with Gasteiger partial charge in [-0.15, -0.1) is 0 Å². The van der Waals surface area contributed by atoms with E-state index >= 15 is 0 Å². The highest BCUT2D eigenvalue weighted by Gasteiger charge is 2.47. The Kier molecular flexibility index (Phi) is 6.78. The Hall–Kier alpha value is -1.74. The van der Waals surface area contributed by atoms with Crippen molar-refractivity contribution in [1.29, 1.82) is 0 Å². The second-order valence-electron chi connectivity index (χ2n) is 7.41. The third-order valence-corrected chi connectivity index (χ3v) is 7.75. The van der Waals surface area contributed by atoms with E-state index in [0.717, 1.165) is 27.6 Å². The van der Waals surface area contributed by atoms with Gasteiger partial charge in [-0.05, 0) is 30.2 Å². The number of aliphatic hydroxyl groups is 1. The van der Waals surface area contributed by atoms with Gasteiger partial charge >= 0.3 is 0 Å². The number of ether oxygens (including phenoxy) is 1. The summed E-state index contributed by atoms with van der Waals surface area (Å²) in [7, 11) is -3.66. The number of hydrogen-bond acceptors (Lipinski definition) is 6. The van der Waals surface area contributed by atoms with E-state index < -0.39 is 27.0 Å². The molecule has 156 valence electrons. The highest BCUT2D eigenvalue weighted by Crippen LogP contribution is 2.33. The van der Waals surface area contributed by atoms with Crippen molar-refractivity contribution in [1.82, 2.24) is 0 Å². The number of nitrogens with zero attached hydrogens (tertiary/aromatic N) is 1. The van der Waals surface area contributed by atoms with Crippen LogP contribution in [0.4, 0.5) is 0 Å². The lowest BCUT2D eigenvalue weighted by Gasteiger charge is -2.33. The average Bonchev–Trinajstić information content (AvgIpc) is 3.14. The van der Waals surface area contributed by atoms with Crippen molar-refractivity contribution >= 4 is 31.5 Å². The zero-order valence-corrected chi connectivity index (χ0v) is 18.7. The van der Waals surface area contributed by atoms with Gasteiger partial charge in [-0.1, -0.05) is 63.6 Å². The molecule has 0 amide bonds. The van der Waals surface area contributed by atoms with E-state index in [1.165, 1.54) is 6.92 Å². The lowest BCUT2D eigenvalue weighted by atomic mass is 9.96. The first kappa shape index (κ1) is 22.0. The first-order valence-corrected chi connectivity index (χ1v) is 11.9. The van der Waals surface area contributed by atoms with Gasteiger partial charge in [0, 0.05) is 23.6 Å². The molecule has 1 aliphatic rings. The Bertz CT molecular complexity index is 962. The van der Waals surface area contributed by atoms with Crippen molar-refractivity contribution in [3.8, 4) is 0 Å². The van der Waals surface area contributed by atoms with Gasteiger partial charge in [0.05, 0.1) is 12.3 Å². The molecule has 0 aliphatic carbocycles. The zero-order valence-electron chi connectivity index (χ0n) is 16.3. The fraction of sp³-hybridized carbons (Fsp3) is 0.381. The van der Waals surface area contributed by atoms with Crippen molar-refractivity contribution < 1.29 is 23.1 Å². The molecule has 2 unspecified atom stereocenters. The van der Waals surface area contributed by atoms with E-state index in [-0.39, 0.29) is 13.0 Å². The first-order chi connectivity index (χ1) is 13.7. The van der Waals surface area contributed by atoms with Gasteiger partial charge in [0.2, 0.25) is 0 Å². The predicted octanol–water partition coefficient (Wildman–Crippen LogP) is 3.67. The quantitative estimate of drug-likeness (QED) is 0.581. The minimum Gasteiger partial charge on any atom is -0.392 e. The normalized spacial score (nSPS) is 19.9. The van der Waals surface area contributed by atoms with E-state index in [1.54, 1.807) is 0 Å². The summed E-state index contributed by atoms with van der Waals surface area (Å²) in [5.74, 6) is 0. The summed E-state index contributed by atoms with van der Waals surface area (Å²) in [5.41, 5.74) is 2.51. The van der Waals surface area contributed by atoms with Gasteiger partial charge in [-0.3, -0.25) is 0 Å². The third kappa shape index (κ3) is 5.25. The molecule has 0 aromatic heterocycles. The molecule has 0 bridgehead atoms. The standard InChI is InChI=1S/C21H24BrNO5S/c1-21(29(2,25)26,20(24)27-14-15-6-4-3-5-7-15)13-18-12-19(23-28-18)16-8-10-17(22)11-9-16/h3-11,18,20,24H,12-14H2,1-2H3/t18-,20?,21?/m1/s1. The number of aliphatic hydroxyl groups excluding tert-OH is 1. The summed E-state index contributed by atoms with van der Waals surface area (Å²) < 4.78 is 30.1. The van der Waals surface area contributed by atoms with E-state index in [4.69, 9.17) is 9.57 Å². The monoisotopic (exact) mass is 481 g/mol. The van der Waals surface area contributed by atoms with Gasteiger partial charge in [0.15, 0.2) is 16.1 Å². The Labute approximate surface area is 179 Å². The Morgan fingerprint density at radius 1 is 1.24 bits per heavy atom. The van der Waals surface area contributed by atoms with E-state index in [0.29, 0.717) is 6.42 Å². The van der Waals surface area contributed by atoms with Crippen LogP contribution in [0.2, 0.25) is 0 Å². The molecule has 0 spiro atoms. The smallest absolute Gasteiger partial charge is 0.174 e. The molecule has 0 saturated carbocycles. The van der Waals surface area contributed by atoms with Gasteiger partial charge in [-0.2, -0.15) is 0 Å². The SMILES string of the molecule is CC(C[C@H]1CC(c2ccc(Br)cc2)=NO1)(C(O)OCc1ccccc1)S(C)(=O)=O. The van der Waals surface area contributed by atoms with Gasteiger partial charge in [0.1, 0.15) is 10.9 Å². The molecule has 0 radical (unpaired) electrons. The Morgan fingerprint density at radius 2 is 1.90 bits per heavy atom. The van der Waals surface area contributed by atoms with Crippen molar-refractivity contribution in [3.05, 3.63) is 70.2 Å². The molecule has 2 aromatic carbocycles. The van der Waals surface area contributed by atoms with E-state index in [1.807, 2.05) is 54.6 Å². The van der Waals surface area contributed by atoms with Crippen LogP contribution in [-0.4, -0.2) is 42.6 Å². The zero-order chi connectivity index (χ0) is 21.1. The van der Waals surface area contributed by atoms with Crippen LogP contribution in [0.15, 0.2) is 64.2 Å². The first-order valence-electron chi connectivity index (χ1n) is 9.21. The molecule has 1 aliphatic heterocycles. The number of rotatable bonds is 8. The summed E-state index contributed by atoms with van der Waals surface area (Å²) in [6.07, 6.45) is -0.349.